The molecule has 0 spiro atoms. The Morgan fingerprint density at radius 2 is 1.35 bits per heavy atom. The molecule has 0 atom stereocenters. The molecule has 0 aromatic heterocycles. The summed E-state index contributed by atoms with van der Waals surface area (Å²) in [7, 11) is 0. The van der Waals surface area contributed by atoms with Gasteiger partial charge in [-0.2, -0.15) is 0 Å². The zero-order chi connectivity index (χ0) is 18.8. The van der Waals surface area contributed by atoms with Crippen LogP contribution < -0.4 is 0 Å². The van der Waals surface area contributed by atoms with Crippen LogP contribution in [-0.4, -0.2) is 25.2 Å². The first-order valence-corrected chi connectivity index (χ1v) is 8.76. The average Bonchev–Trinajstić information content (AvgIpc) is 2.67. The first-order valence-electron chi connectivity index (χ1n) is 8.76. The number of allylic oxidation sites excluding steroid dienone is 1. The van der Waals surface area contributed by atoms with Gasteiger partial charge in [-0.15, -0.1) is 0 Å². The number of carbonyl (C=O) groups is 2. The Labute approximate surface area is 154 Å². The second-order valence-electron chi connectivity index (χ2n) is 5.73. The van der Waals surface area contributed by atoms with Crippen molar-refractivity contribution < 1.29 is 19.1 Å². The zero-order valence-electron chi connectivity index (χ0n) is 15.2. The third-order valence-electron chi connectivity index (χ3n) is 4.05. The Balaban J connectivity index is 2.45. The van der Waals surface area contributed by atoms with E-state index in [0.717, 1.165) is 5.56 Å². The summed E-state index contributed by atoms with van der Waals surface area (Å²) >= 11 is 0. The average molecular weight is 352 g/mol. The van der Waals surface area contributed by atoms with Crippen LogP contribution in [-0.2, 0) is 24.5 Å². The molecule has 4 nitrogen and oxygen atoms in total. The molecular formula is C22H24O4. The summed E-state index contributed by atoms with van der Waals surface area (Å²) in [5.74, 6) is -1.19. The van der Waals surface area contributed by atoms with E-state index in [1.54, 1.807) is 38.1 Å². The van der Waals surface area contributed by atoms with Crippen molar-refractivity contribution in [1.82, 2.24) is 0 Å². The predicted octanol–water partition coefficient (Wildman–Crippen LogP) is 4.15. The summed E-state index contributed by atoms with van der Waals surface area (Å²) in [5.41, 5.74) is 0.0373. The molecule has 26 heavy (non-hydrogen) atoms. The summed E-state index contributed by atoms with van der Waals surface area (Å²) in [6.07, 6.45) is 3.86. The highest BCUT2D eigenvalue weighted by molar-refractivity contribution is 6.06. The van der Waals surface area contributed by atoms with E-state index in [-0.39, 0.29) is 19.6 Å². The molecule has 2 rings (SSSR count). The van der Waals surface area contributed by atoms with Gasteiger partial charge in [0.1, 0.15) is 0 Å². The molecule has 0 saturated carbocycles. The largest absolute Gasteiger partial charge is 0.465 e. The van der Waals surface area contributed by atoms with E-state index in [1.807, 2.05) is 48.6 Å². The predicted molar refractivity (Wildman–Crippen MR) is 101 cm³/mol. The van der Waals surface area contributed by atoms with Crippen LogP contribution in [0.4, 0.5) is 0 Å². The van der Waals surface area contributed by atoms with Gasteiger partial charge in [0.05, 0.1) is 13.2 Å². The maximum absolute atomic E-state index is 12.9. The fourth-order valence-corrected chi connectivity index (χ4v) is 2.77. The van der Waals surface area contributed by atoms with E-state index in [9.17, 15) is 9.59 Å². The quantitative estimate of drug-likeness (QED) is 0.529. The number of esters is 2. The molecule has 0 fully saturated rings. The van der Waals surface area contributed by atoms with Crippen LogP contribution in [0.1, 0.15) is 31.4 Å². The molecule has 0 saturated heterocycles. The third kappa shape index (κ3) is 4.39. The molecule has 4 heteroatoms. The van der Waals surface area contributed by atoms with Gasteiger partial charge in [0, 0.05) is 0 Å². The van der Waals surface area contributed by atoms with Crippen LogP contribution in [0.2, 0.25) is 0 Å². The number of rotatable bonds is 8. The Kier molecular flexibility index (Phi) is 7.15. The number of hydrogen-bond donors (Lipinski definition) is 0. The Bertz CT molecular complexity index is 717. The molecular weight excluding hydrogens is 328 g/mol. The molecule has 0 aliphatic carbocycles. The summed E-state index contributed by atoms with van der Waals surface area (Å²) in [4.78, 5) is 25.7. The molecule has 2 aromatic carbocycles. The van der Waals surface area contributed by atoms with Gasteiger partial charge in [0.25, 0.3) is 0 Å². The van der Waals surface area contributed by atoms with Gasteiger partial charge in [0.2, 0.25) is 0 Å². The molecule has 0 aliphatic rings. The molecule has 0 unspecified atom stereocenters. The lowest BCUT2D eigenvalue weighted by Gasteiger charge is -2.28. The van der Waals surface area contributed by atoms with Gasteiger partial charge in [-0.05, 0) is 31.4 Å². The lowest BCUT2D eigenvalue weighted by molar-refractivity contribution is -0.164. The molecule has 0 radical (unpaired) electrons. The maximum atomic E-state index is 12.9. The van der Waals surface area contributed by atoms with E-state index >= 15 is 0 Å². The Hall–Kier alpha value is -2.88. The second-order valence-corrected chi connectivity index (χ2v) is 5.73. The molecule has 0 heterocycles. The number of carbonyl (C=O) groups excluding carboxylic acids is 2. The van der Waals surface area contributed by atoms with Gasteiger partial charge >= 0.3 is 11.9 Å². The lowest BCUT2D eigenvalue weighted by Crippen LogP contribution is -2.46. The van der Waals surface area contributed by atoms with Crippen LogP contribution in [0.25, 0.3) is 6.08 Å². The Morgan fingerprint density at radius 3 is 1.85 bits per heavy atom. The van der Waals surface area contributed by atoms with Crippen molar-refractivity contribution in [3.05, 3.63) is 77.9 Å². The molecule has 0 N–H and O–H groups in total. The second kappa shape index (κ2) is 9.56. The van der Waals surface area contributed by atoms with Crippen molar-refractivity contribution in [2.24, 2.45) is 0 Å². The number of hydrogen-bond acceptors (Lipinski definition) is 4. The van der Waals surface area contributed by atoms with E-state index in [1.165, 1.54) is 0 Å². The lowest BCUT2D eigenvalue weighted by atomic mass is 9.77. The molecule has 0 aliphatic heterocycles. The first-order chi connectivity index (χ1) is 12.6. The highest BCUT2D eigenvalue weighted by Gasteiger charge is 2.49. The summed E-state index contributed by atoms with van der Waals surface area (Å²) in [6.45, 7) is 3.82. The van der Waals surface area contributed by atoms with Crippen molar-refractivity contribution in [2.75, 3.05) is 13.2 Å². The maximum Gasteiger partial charge on any atom is 0.328 e. The molecule has 136 valence electrons. The standard InChI is InChI=1S/C22H24O4/c1-3-25-20(23)22(21(24)26-4-2,19-15-9-6-10-16-19)17-11-14-18-12-7-5-8-13-18/h5-16H,3-4,17H2,1-2H3/b14-11+. The van der Waals surface area contributed by atoms with Gasteiger partial charge in [-0.3, -0.25) is 9.59 Å². The van der Waals surface area contributed by atoms with Gasteiger partial charge in [0.15, 0.2) is 5.41 Å². The van der Waals surface area contributed by atoms with Crippen LogP contribution >= 0.6 is 0 Å². The monoisotopic (exact) mass is 352 g/mol. The SMILES string of the molecule is CCOC(=O)C(C/C=C/c1ccccc1)(C(=O)OCC)c1ccccc1. The van der Waals surface area contributed by atoms with Crippen molar-refractivity contribution in [3.63, 3.8) is 0 Å². The number of benzene rings is 2. The fraction of sp³-hybridized carbons (Fsp3) is 0.273. The van der Waals surface area contributed by atoms with Gasteiger partial charge in [-0.1, -0.05) is 72.8 Å². The van der Waals surface area contributed by atoms with Crippen LogP contribution in [0.5, 0.6) is 0 Å². The van der Waals surface area contributed by atoms with E-state index in [2.05, 4.69) is 0 Å². The normalized spacial score (nSPS) is 11.3. The molecule has 0 bridgehead atoms. The minimum absolute atomic E-state index is 0.156. The van der Waals surface area contributed by atoms with E-state index in [0.29, 0.717) is 5.56 Å². The minimum atomic E-state index is -1.52. The van der Waals surface area contributed by atoms with E-state index in [4.69, 9.17) is 9.47 Å². The van der Waals surface area contributed by atoms with Crippen LogP contribution in [0.15, 0.2) is 66.7 Å². The smallest absolute Gasteiger partial charge is 0.328 e. The van der Waals surface area contributed by atoms with Gasteiger partial charge in [-0.25, -0.2) is 0 Å². The summed E-state index contributed by atoms with van der Waals surface area (Å²) in [6, 6.07) is 18.6. The number of ether oxygens (including phenoxy) is 2. The molecule has 2 aromatic rings. The van der Waals surface area contributed by atoms with Crippen molar-refractivity contribution in [2.45, 2.75) is 25.7 Å². The topological polar surface area (TPSA) is 52.6 Å². The van der Waals surface area contributed by atoms with Crippen molar-refractivity contribution >= 4 is 18.0 Å². The van der Waals surface area contributed by atoms with Crippen LogP contribution in [0, 0.1) is 0 Å². The minimum Gasteiger partial charge on any atom is -0.465 e. The zero-order valence-corrected chi connectivity index (χ0v) is 15.2. The van der Waals surface area contributed by atoms with E-state index < -0.39 is 17.4 Å². The first kappa shape index (κ1) is 19.4. The van der Waals surface area contributed by atoms with Gasteiger partial charge < -0.3 is 9.47 Å². The summed E-state index contributed by atoms with van der Waals surface area (Å²) in [5, 5.41) is 0. The Morgan fingerprint density at radius 1 is 0.846 bits per heavy atom. The fourth-order valence-electron chi connectivity index (χ4n) is 2.77. The van der Waals surface area contributed by atoms with Crippen molar-refractivity contribution in [1.29, 1.82) is 0 Å². The van der Waals surface area contributed by atoms with Crippen molar-refractivity contribution in [3.8, 4) is 0 Å². The molecule has 0 amide bonds. The highest BCUT2D eigenvalue weighted by atomic mass is 16.6. The highest BCUT2D eigenvalue weighted by Crippen LogP contribution is 2.32. The summed E-state index contributed by atoms with van der Waals surface area (Å²) < 4.78 is 10.5. The van der Waals surface area contributed by atoms with Crippen LogP contribution in [0.3, 0.4) is 0 Å². The third-order valence-corrected chi connectivity index (χ3v) is 4.05.